The highest BCUT2D eigenvalue weighted by Crippen LogP contribution is 2.33. The molecule has 0 aliphatic heterocycles. The van der Waals surface area contributed by atoms with Crippen molar-refractivity contribution in [1.29, 1.82) is 0 Å². The van der Waals surface area contributed by atoms with E-state index in [1.165, 1.54) is 18.1 Å². The van der Waals surface area contributed by atoms with Crippen LogP contribution in [0.1, 0.15) is 29.6 Å². The first kappa shape index (κ1) is 15.9. The van der Waals surface area contributed by atoms with Gasteiger partial charge in [0, 0.05) is 5.56 Å². The minimum Gasteiger partial charge on any atom is -0.494 e. The molecule has 0 spiro atoms. The number of benzene rings is 1. The van der Waals surface area contributed by atoms with Crippen LogP contribution >= 0.6 is 0 Å². The molecule has 1 heterocycles. The van der Waals surface area contributed by atoms with E-state index in [4.69, 9.17) is 4.74 Å². The van der Waals surface area contributed by atoms with Crippen molar-refractivity contribution < 1.29 is 19.4 Å². The first-order chi connectivity index (χ1) is 11.6. The number of aliphatic carboxylic acids is 1. The molecule has 3 rings (SSSR count). The summed E-state index contributed by atoms with van der Waals surface area (Å²) in [7, 11) is 1.50. The Morgan fingerprint density at radius 3 is 2.83 bits per heavy atom. The van der Waals surface area contributed by atoms with Gasteiger partial charge in [0.15, 0.2) is 0 Å². The highest BCUT2D eigenvalue weighted by Gasteiger charge is 2.30. The summed E-state index contributed by atoms with van der Waals surface area (Å²) >= 11 is 0. The van der Waals surface area contributed by atoms with Crippen LogP contribution in [-0.4, -0.2) is 50.3 Å². The molecule has 2 N–H and O–H groups in total. The fourth-order valence-electron chi connectivity index (χ4n) is 2.43. The fourth-order valence-corrected chi connectivity index (χ4v) is 2.43. The highest BCUT2D eigenvalue weighted by atomic mass is 16.5. The zero-order valence-corrected chi connectivity index (χ0v) is 13.0. The topological polar surface area (TPSA) is 119 Å². The Balaban J connectivity index is 1.81. The minimum atomic E-state index is -1.02. The van der Waals surface area contributed by atoms with Crippen LogP contribution in [0, 0.1) is 5.92 Å². The molecule has 9 heteroatoms. The predicted molar refractivity (Wildman–Crippen MR) is 81.9 cm³/mol. The van der Waals surface area contributed by atoms with Crippen molar-refractivity contribution in [2.24, 2.45) is 5.92 Å². The molecule has 24 heavy (non-hydrogen) atoms. The largest absolute Gasteiger partial charge is 0.494 e. The summed E-state index contributed by atoms with van der Waals surface area (Å²) in [5.41, 5.74) is 0.799. The molecule has 1 aliphatic rings. The number of carboxylic acids is 1. The number of hydrogen-bond donors (Lipinski definition) is 2. The summed E-state index contributed by atoms with van der Waals surface area (Å²) in [6, 6.07) is 3.85. The van der Waals surface area contributed by atoms with E-state index < -0.39 is 17.9 Å². The molecule has 2 aromatic rings. The van der Waals surface area contributed by atoms with Gasteiger partial charge >= 0.3 is 5.97 Å². The van der Waals surface area contributed by atoms with Crippen LogP contribution in [0.25, 0.3) is 5.69 Å². The van der Waals surface area contributed by atoms with Gasteiger partial charge in [-0.25, -0.2) is 4.79 Å². The second kappa shape index (κ2) is 6.65. The van der Waals surface area contributed by atoms with Gasteiger partial charge in [-0.1, -0.05) is 12.8 Å². The zero-order valence-electron chi connectivity index (χ0n) is 13.0. The number of nitrogens with zero attached hydrogens (tertiary/aromatic N) is 4. The number of tetrazole rings is 1. The Bertz CT molecular complexity index is 742. The monoisotopic (exact) mass is 331 g/mol. The third kappa shape index (κ3) is 3.50. The van der Waals surface area contributed by atoms with Gasteiger partial charge in [0.1, 0.15) is 23.8 Å². The number of ether oxygens (including phenoxy) is 1. The normalized spacial score (nSPS) is 14.9. The smallest absolute Gasteiger partial charge is 0.326 e. The zero-order chi connectivity index (χ0) is 17.1. The van der Waals surface area contributed by atoms with Gasteiger partial charge in [-0.3, -0.25) is 4.79 Å². The number of hydrogen-bond acceptors (Lipinski definition) is 6. The lowest BCUT2D eigenvalue weighted by Gasteiger charge is -2.15. The van der Waals surface area contributed by atoms with E-state index >= 15 is 0 Å². The number of methoxy groups -OCH3 is 1. The Morgan fingerprint density at radius 2 is 2.25 bits per heavy atom. The molecule has 1 fully saturated rings. The Kier molecular flexibility index (Phi) is 4.41. The average Bonchev–Trinajstić information content (AvgIpc) is 3.23. The quantitative estimate of drug-likeness (QED) is 0.764. The molecule has 1 aliphatic carbocycles. The van der Waals surface area contributed by atoms with Crippen LogP contribution < -0.4 is 10.1 Å². The number of carbonyl (C=O) groups is 2. The van der Waals surface area contributed by atoms with Gasteiger partial charge in [-0.05, 0) is 41.0 Å². The first-order valence-corrected chi connectivity index (χ1v) is 7.53. The summed E-state index contributed by atoms with van der Waals surface area (Å²) in [6.07, 6.45) is 3.88. The van der Waals surface area contributed by atoms with Crippen LogP contribution in [0.5, 0.6) is 5.75 Å². The predicted octanol–water partition coefficient (Wildman–Crippen LogP) is 0.654. The van der Waals surface area contributed by atoms with E-state index in [-0.39, 0.29) is 0 Å². The van der Waals surface area contributed by atoms with E-state index in [1.54, 1.807) is 18.2 Å². The molecular weight excluding hydrogens is 314 g/mol. The third-order valence-corrected chi connectivity index (χ3v) is 3.91. The Hall–Kier alpha value is -2.97. The van der Waals surface area contributed by atoms with Gasteiger partial charge in [0.2, 0.25) is 0 Å². The summed E-state index contributed by atoms with van der Waals surface area (Å²) in [5, 5.41) is 22.7. The minimum absolute atomic E-state index is 0.309. The standard InChI is InChI=1S/C15H17N5O4/c1-24-13-5-4-10(7-12(13)20-8-16-18-19-20)14(21)17-11(15(22)23)6-9-2-3-9/h4-5,7-9,11H,2-3,6H2,1H3,(H,17,21)(H,22,23). The van der Waals surface area contributed by atoms with E-state index in [0.717, 1.165) is 12.8 Å². The number of aromatic nitrogens is 4. The lowest BCUT2D eigenvalue weighted by Crippen LogP contribution is -2.41. The van der Waals surface area contributed by atoms with Crippen LogP contribution in [0.3, 0.4) is 0 Å². The molecule has 1 unspecified atom stereocenters. The van der Waals surface area contributed by atoms with Gasteiger partial charge in [0.25, 0.3) is 5.91 Å². The van der Waals surface area contributed by atoms with Crippen LogP contribution in [0.2, 0.25) is 0 Å². The maximum atomic E-state index is 12.4. The summed E-state index contributed by atoms with van der Waals surface area (Å²) < 4.78 is 6.61. The molecule has 0 bridgehead atoms. The molecule has 1 amide bonds. The van der Waals surface area contributed by atoms with Crippen LogP contribution in [0.15, 0.2) is 24.5 Å². The van der Waals surface area contributed by atoms with Crippen LogP contribution in [0.4, 0.5) is 0 Å². The summed E-state index contributed by atoms with van der Waals surface area (Å²) in [6.45, 7) is 0. The molecule has 126 valence electrons. The van der Waals surface area contributed by atoms with Crippen molar-refractivity contribution in [3.63, 3.8) is 0 Å². The van der Waals surface area contributed by atoms with Crippen molar-refractivity contribution >= 4 is 11.9 Å². The Labute approximate surface area is 137 Å². The lowest BCUT2D eigenvalue weighted by atomic mass is 10.1. The number of carbonyl (C=O) groups excluding carboxylic acids is 1. The van der Waals surface area contributed by atoms with Gasteiger partial charge in [-0.15, -0.1) is 5.10 Å². The lowest BCUT2D eigenvalue weighted by molar-refractivity contribution is -0.139. The van der Waals surface area contributed by atoms with Crippen LogP contribution in [-0.2, 0) is 4.79 Å². The third-order valence-electron chi connectivity index (χ3n) is 3.91. The molecule has 1 atom stereocenters. The maximum Gasteiger partial charge on any atom is 0.326 e. The molecule has 9 nitrogen and oxygen atoms in total. The van der Waals surface area contributed by atoms with E-state index in [0.29, 0.717) is 29.3 Å². The molecule has 0 radical (unpaired) electrons. The Morgan fingerprint density at radius 1 is 1.46 bits per heavy atom. The van der Waals surface area contributed by atoms with Crippen molar-refractivity contribution in [1.82, 2.24) is 25.5 Å². The van der Waals surface area contributed by atoms with Gasteiger partial charge < -0.3 is 15.2 Å². The number of nitrogens with one attached hydrogen (secondary N) is 1. The van der Waals surface area contributed by atoms with Crippen molar-refractivity contribution in [2.75, 3.05) is 7.11 Å². The van der Waals surface area contributed by atoms with Crippen molar-refractivity contribution in [2.45, 2.75) is 25.3 Å². The first-order valence-electron chi connectivity index (χ1n) is 7.53. The highest BCUT2D eigenvalue weighted by molar-refractivity contribution is 5.97. The molecule has 0 saturated heterocycles. The van der Waals surface area contributed by atoms with E-state index in [2.05, 4.69) is 20.8 Å². The average molecular weight is 331 g/mol. The second-order valence-corrected chi connectivity index (χ2v) is 5.68. The molecule has 1 aromatic heterocycles. The van der Waals surface area contributed by atoms with Crippen molar-refractivity contribution in [3.8, 4) is 11.4 Å². The summed E-state index contributed by atoms with van der Waals surface area (Å²) in [4.78, 5) is 23.7. The fraction of sp³-hybridized carbons (Fsp3) is 0.400. The van der Waals surface area contributed by atoms with E-state index in [9.17, 15) is 14.7 Å². The van der Waals surface area contributed by atoms with Crippen molar-refractivity contribution in [3.05, 3.63) is 30.1 Å². The number of carboxylic acid groups (broad SMARTS) is 1. The SMILES string of the molecule is COc1ccc(C(=O)NC(CC2CC2)C(=O)O)cc1-n1cnnn1. The molecular formula is C15H17N5O4. The number of rotatable bonds is 7. The summed E-state index contributed by atoms with van der Waals surface area (Å²) in [5.74, 6) is -0.602. The molecule has 1 saturated carbocycles. The van der Waals surface area contributed by atoms with E-state index in [1.807, 2.05) is 0 Å². The second-order valence-electron chi connectivity index (χ2n) is 5.68. The number of amides is 1. The maximum absolute atomic E-state index is 12.4. The van der Waals surface area contributed by atoms with Gasteiger partial charge in [-0.2, -0.15) is 4.68 Å². The van der Waals surface area contributed by atoms with Gasteiger partial charge in [0.05, 0.1) is 7.11 Å². The molecule has 1 aromatic carbocycles.